The summed E-state index contributed by atoms with van der Waals surface area (Å²) in [6.07, 6.45) is 5.70. The van der Waals surface area contributed by atoms with E-state index in [4.69, 9.17) is 11.0 Å². The Hall–Kier alpha value is -5.13. The lowest BCUT2D eigenvalue weighted by Gasteiger charge is -2.18. The molecule has 0 aliphatic carbocycles. The van der Waals surface area contributed by atoms with Crippen LogP contribution in [-0.4, -0.2) is 0 Å². The van der Waals surface area contributed by atoms with Crippen molar-refractivity contribution in [2.24, 2.45) is 5.73 Å². The topological polar surface area (TPSA) is 49.8 Å². The van der Waals surface area contributed by atoms with Crippen LogP contribution >= 0.6 is 0 Å². The molecule has 186 valence electrons. The third-order valence-corrected chi connectivity index (χ3v) is 7.42. The number of hydrogen-bond acceptors (Lipinski definition) is 2. The number of nitrogens with zero attached hydrogens (tertiary/aromatic N) is 1. The van der Waals surface area contributed by atoms with Gasteiger partial charge in [-0.3, -0.25) is 0 Å². The largest absolute Gasteiger partial charge is 0.404 e. The lowest BCUT2D eigenvalue weighted by atomic mass is 9.85. The molecule has 2 nitrogen and oxygen atoms in total. The molecule has 2 heteroatoms. The van der Waals surface area contributed by atoms with Gasteiger partial charge in [0.25, 0.3) is 0 Å². The van der Waals surface area contributed by atoms with E-state index in [9.17, 15) is 0 Å². The fourth-order valence-electron chi connectivity index (χ4n) is 5.54. The van der Waals surface area contributed by atoms with Gasteiger partial charge in [0.15, 0.2) is 0 Å². The zero-order valence-corrected chi connectivity index (χ0v) is 21.9. The van der Waals surface area contributed by atoms with Crippen molar-refractivity contribution in [2.75, 3.05) is 0 Å². The quantitative estimate of drug-likeness (QED) is 0.189. The number of hydrogen-bond donors (Lipinski definition) is 1. The maximum absolute atomic E-state index is 8.85. The molecule has 0 saturated carbocycles. The van der Waals surface area contributed by atoms with E-state index in [-0.39, 0.29) is 0 Å². The van der Waals surface area contributed by atoms with E-state index in [1.165, 1.54) is 54.7 Å². The van der Waals surface area contributed by atoms with Crippen LogP contribution in [0.4, 0.5) is 0 Å². The minimum Gasteiger partial charge on any atom is -0.404 e. The van der Waals surface area contributed by atoms with Crippen LogP contribution in [0.1, 0.15) is 17.5 Å². The fraction of sp³-hybridized carbons (Fsp3) is 0.0541. The first-order chi connectivity index (χ1) is 19.2. The van der Waals surface area contributed by atoms with E-state index in [0.717, 1.165) is 16.5 Å². The number of aryl methyl sites for hydroxylation is 1. The van der Waals surface area contributed by atoms with Gasteiger partial charge in [-0.05, 0) is 84.8 Å². The Morgan fingerprint density at radius 1 is 0.692 bits per heavy atom. The van der Waals surface area contributed by atoms with E-state index >= 15 is 0 Å². The minimum atomic E-state index is 0.360. The molecule has 0 unspecified atom stereocenters. The van der Waals surface area contributed by atoms with Crippen molar-refractivity contribution in [3.05, 3.63) is 139 Å². The third kappa shape index (κ3) is 4.45. The van der Waals surface area contributed by atoms with Crippen LogP contribution in [0.2, 0.25) is 0 Å². The monoisotopic (exact) mass is 500 g/mol. The molecule has 0 spiro atoms. The zero-order chi connectivity index (χ0) is 26.8. The highest BCUT2D eigenvalue weighted by Gasteiger charge is 2.16. The summed E-state index contributed by atoms with van der Waals surface area (Å²) in [5.74, 6) is 0. The van der Waals surface area contributed by atoms with Crippen LogP contribution in [0.25, 0.3) is 60.1 Å². The first-order valence-electron chi connectivity index (χ1n) is 13.2. The van der Waals surface area contributed by atoms with Crippen LogP contribution in [0.15, 0.2) is 128 Å². The summed E-state index contributed by atoms with van der Waals surface area (Å²) in [5.41, 5.74) is 14.1. The summed E-state index contributed by atoms with van der Waals surface area (Å²) in [6.45, 7) is 2.13. The normalized spacial score (nSPS) is 11.9. The summed E-state index contributed by atoms with van der Waals surface area (Å²) in [5, 5.41) is 16.2. The molecule has 0 bridgehead atoms. The molecule has 0 aliphatic heterocycles. The minimum absolute atomic E-state index is 0.360. The molecule has 0 radical (unpaired) electrons. The first-order valence-corrected chi connectivity index (χ1v) is 13.2. The molecular formula is C37H28N2. The van der Waals surface area contributed by atoms with Crippen molar-refractivity contribution >= 4 is 37.9 Å². The smallest absolute Gasteiger partial charge is 0.0663 e. The summed E-state index contributed by atoms with van der Waals surface area (Å²) in [7, 11) is 0. The molecule has 39 heavy (non-hydrogen) atoms. The number of allylic oxidation sites excluding steroid dienone is 3. The van der Waals surface area contributed by atoms with Crippen molar-refractivity contribution in [1.29, 1.82) is 5.26 Å². The maximum Gasteiger partial charge on any atom is 0.0663 e. The van der Waals surface area contributed by atoms with Gasteiger partial charge in [-0.15, -0.1) is 0 Å². The van der Waals surface area contributed by atoms with Crippen molar-refractivity contribution < 1.29 is 0 Å². The summed E-state index contributed by atoms with van der Waals surface area (Å²) < 4.78 is 0. The van der Waals surface area contributed by atoms with E-state index in [1.54, 1.807) is 6.20 Å². The summed E-state index contributed by atoms with van der Waals surface area (Å²) >= 11 is 0. The second-order valence-corrected chi connectivity index (χ2v) is 9.87. The highest BCUT2D eigenvalue weighted by Crippen LogP contribution is 2.44. The highest BCUT2D eigenvalue weighted by atomic mass is 14.5. The van der Waals surface area contributed by atoms with Crippen LogP contribution in [-0.2, 0) is 0 Å². The van der Waals surface area contributed by atoms with Crippen molar-refractivity contribution in [3.63, 3.8) is 0 Å². The van der Waals surface area contributed by atoms with Crippen molar-refractivity contribution in [2.45, 2.75) is 13.3 Å². The molecule has 6 aromatic carbocycles. The Bertz CT molecular complexity index is 1890. The average Bonchev–Trinajstić information content (AvgIpc) is 2.98. The molecule has 0 heterocycles. The van der Waals surface area contributed by atoms with Crippen LogP contribution in [0.3, 0.4) is 0 Å². The van der Waals surface area contributed by atoms with Gasteiger partial charge in [-0.2, -0.15) is 5.26 Å². The molecule has 0 atom stereocenters. The number of benzene rings is 6. The predicted octanol–water partition coefficient (Wildman–Crippen LogP) is 9.56. The lowest BCUT2D eigenvalue weighted by Crippen LogP contribution is -1.91. The van der Waals surface area contributed by atoms with Crippen LogP contribution < -0.4 is 5.73 Å². The summed E-state index contributed by atoms with van der Waals surface area (Å²) in [6, 6.07) is 41.6. The standard InChI is InChI=1S/C37H28N2/c1-25-13-15-26(16-14-25)36-32-9-2-4-11-34(32)37(35-12-5-3-10-33(35)36)30-20-19-27-22-29(18-17-28(27)23-30)31(24-39)8-6-7-21-38/h2-6,8-20,22-24H,7,39H2,1H3/b8-6-,31-24+. The molecule has 0 aliphatic rings. The molecule has 2 N–H and O–H groups in total. The second-order valence-electron chi connectivity index (χ2n) is 9.87. The SMILES string of the molecule is Cc1ccc(-c2c3ccccc3c(-c3ccc4cc(C(/C=C\CC#N)=C/N)ccc4c3)c3ccccc23)cc1. The third-order valence-electron chi connectivity index (χ3n) is 7.42. The van der Waals surface area contributed by atoms with Crippen LogP contribution in [0, 0.1) is 18.3 Å². The second kappa shape index (κ2) is 10.3. The van der Waals surface area contributed by atoms with Gasteiger partial charge in [-0.25, -0.2) is 0 Å². The van der Waals surface area contributed by atoms with Gasteiger partial charge < -0.3 is 5.73 Å². The Morgan fingerprint density at radius 3 is 1.82 bits per heavy atom. The highest BCUT2D eigenvalue weighted by molar-refractivity contribution is 6.21. The number of nitrogens with two attached hydrogens (primary N) is 1. The molecule has 0 fully saturated rings. The van der Waals surface area contributed by atoms with Gasteiger partial charge >= 0.3 is 0 Å². The van der Waals surface area contributed by atoms with Crippen molar-refractivity contribution in [3.8, 4) is 28.3 Å². The van der Waals surface area contributed by atoms with Gasteiger partial charge in [-0.1, -0.05) is 115 Å². The van der Waals surface area contributed by atoms with Gasteiger partial charge in [0.1, 0.15) is 0 Å². The number of rotatable bonds is 5. The average molecular weight is 501 g/mol. The molecule has 0 amide bonds. The first kappa shape index (κ1) is 24.2. The molecule has 0 aromatic heterocycles. The fourth-order valence-corrected chi connectivity index (χ4v) is 5.54. The number of fused-ring (bicyclic) bond motifs is 3. The van der Waals surface area contributed by atoms with Gasteiger partial charge in [0.05, 0.1) is 12.5 Å². The molecule has 6 rings (SSSR count). The van der Waals surface area contributed by atoms with Gasteiger partial charge in [0.2, 0.25) is 0 Å². The van der Waals surface area contributed by atoms with E-state index < -0.39 is 0 Å². The summed E-state index contributed by atoms with van der Waals surface area (Å²) in [4.78, 5) is 0. The molecule has 0 saturated heterocycles. The van der Waals surface area contributed by atoms with E-state index in [1.807, 2.05) is 12.2 Å². The maximum atomic E-state index is 8.85. The Labute approximate surface area is 228 Å². The molecular weight excluding hydrogens is 472 g/mol. The van der Waals surface area contributed by atoms with Crippen molar-refractivity contribution in [1.82, 2.24) is 0 Å². The predicted molar refractivity (Wildman–Crippen MR) is 166 cm³/mol. The van der Waals surface area contributed by atoms with E-state index in [0.29, 0.717) is 6.42 Å². The van der Waals surface area contributed by atoms with E-state index in [2.05, 4.69) is 122 Å². The Morgan fingerprint density at radius 2 is 1.23 bits per heavy atom. The lowest BCUT2D eigenvalue weighted by molar-refractivity contribution is 1.35. The Balaban J connectivity index is 1.56. The molecule has 6 aromatic rings. The number of nitriles is 1. The zero-order valence-electron chi connectivity index (χ0n) is 21.9. The van der Waals surface area contributed by atoms with Gasteiger partial charge in [0, 0.05) is 6.20 Å². The van der Waals surface area contributed by atoms with Crippen LogP contribution in [0.5, 0.6) is 0 Å². The Kier molecular flexibility index (Phi) is 6.41.